The molecular formula is C15H14ClN3O. The second-order valence-corrected chi connectivity index (χ2v) is 4.80. The van der Waals surface area contributed by atoms with Crippen LogP contribution in [0.2, 0.25) is 5.02 Å². The van der Waals surface area contributed by atoms with E-state index in [4.69, 9.17) is 22.7 Å². The number of carbonyl (C=O) groups excluding carboxylic acids is 1. The first-order chi connectivity index (χ1) is 9.51. The predicted molar refractivity (Wildman–Crippen MR) is 79.4 cm³/mol. The number of aromatic nitrogens is 1. The van der Waals surface area contributed by atoms with E-state index in [1.165, 1.54) is 0 Å². The molecule has 0 saturated heterocycles. The maximum absolute atomic E-state index is 11.2. The number of nitrogens with one attached hydrogen (secondary N) is 1. The third-order valence-corrected chi connectivity index (χ3v) is 3.12. The van der Waals surface area contributed by atoms with Crippen LogP contribution in [0.15, 0.2) is 43.1 Å². The molecule has 4 nitrogen and oxygen atoms in total. The number of benzene rings is 1. The molecule has 102 valence electrons. The number of hydrogen-bond acceptors (Lipinski definition) is 2. The first kappa shape index (κ1) is 14.1. The summed E-state index contributed by atoms with van der Waals surface area (Å²) in [6.07, 6.45) is 3.26. The Bertz CT molecular complexity index is 734. The van der Waals surface area contributed by atoms with E-state index >= 15 is 0 Å². The topological polar surface area (TPSA) is 71.9 Å². The summed E-state index contributed by atoms with van der Waals surface area (Å²) < 4.78 is 1.69. The summed E-state index contributed by atoms with van der Waals surface area (Å²) in [5.74, 6) is -0.471. The van der Waals surface area contributed by atoms with Gasteiger partial charge in [-0.1, -0.05) is 36.4 Å². The maximum atomic E-state index is 11.2. The van der Waals surface area contributed by atoms with Crippen LogP contribution in [0.5, 0.6) is 0 Å². The van der Waals surface area contributed by atoms with Gasteiger partial charge in [0.05, 0.1) is 5.02 Å². The highest BCUT2D eigenvalue weighted by Gasteiger charge is 2.04. The Kier molecular flexibility index (Phi) is 4.05. The number of rotatable bonds is 4. The van der Waals surface area contributed by atoms with E-state index in [2.05, 4.69) is 6.58 Å². The molecule has 1 heterocycles. The normalized spacial score (nSPS) is 10.2. The van der Waals surface area contributed by atoms with Gasteiger partial charge in [0.1, 0.15) is 5.49 Å². The monoisotopic (exact) mass is 287 g/mol. The van der Waals surface area contributed by atoms with Gasteiger partial charge in [-0.15, -0.1) is 0 Å². The van der Waals surface area contributed by atoms with Gasteiger partial charge in [-0.2, -0.15) is 0 Å². The van der Waals surface area contributed by atoms with Gasteiger partial charge >= 0.3 is 0 Å². The molecular weight excluding hydrogens is 274 g/mol. The summed E-state index contributed by atoms with van der Waals surface area (Å²) in [7, 11) is 0. The van der Waals surface area contributed by atoms with Crippen molar-refractivity contribution in [1.82, 2.24) is 4.57 Å². The maximum Gasteiger partial charge on any atom is 0.248 e. The van der Waals surface area contributed by atoms with Gasteiger partial charge in [0.2, 0.25) is 5.91 Å². The van der Waals surface area contributed by atoms with Crippen LogP contribution < -0.4 is 11.2 Å². The second kappa shape index (κ2) is 5.75. The van der Waals surface area contributed by atoms with E-state index in [9.17, 15) is 4.79 Å². The highest BCUT2D eigenvalue weighted by Crippen LogP contribution is 2.11. The van der Waals surface area contributed by atoms with Crippen molar-refractivity contribution in [3.63, 3.8) is 0 Å². The number of amides is 1. The Morgan fingerprint density at radius 1 is 1.45 bits per heavy atom. The van der Waals surface area contributed by atoms with E-state index in [-0.39, 0.29) is 0 Å². The van der Waals surface area contributed by atoms with E-state index in [0.29, 0.717) is 28.2 Å². The zero-order valence-corrected chi connectivity index (χ0v) is 11.5. The minimum absolute atomic E-state index is 0.314. The third-order valence-electron chi connectivity index (χ3n) is 2.92. The molecule has 1 aromatic heterocycles. The molecule has 0 aliphatic carbocycles. The number of primary amides is 1. The third kappa shape index (κ3) is 2.97. The minimum Gasteiger partial charge on any atom is -0.366 e. The summed E-state index contributed by atoms with van der Waals surface area (Å²) in [6.45, 7) is 4.10. The Morgan fingerprint density at radius 3 is 2.85 bits per heavy atom. The number of nitrogens with two attached hydrogens (primary N) is 1. The van der Waals surface area contributed by atoms with Crippen LogP contribution in [0.3, 0.4) is 0 Å². The summed E-state index contributed by atoms with van der Waals surface area (Å²) in [5.41, 5.74) is 7.55. The van der Waals surface area contributed by atoms with Crippen LogP contribution in [0, 0.1) is 5.41 Å². The number of carbonyl (C=O) groups is 1. The summed E-state index contributed by atoms with van der Waals surface area (Å²) >= 11 is 6.02. The lowest BCUT2D eigenvalue weighted by atomic mass is 10.1. The van der Waals surface area contributed by atoms with Gasteiger partial charge in [0.25, 0.3) is 0 Å². The zero-order valence-electron chi connectivity index (χ0n) is 10.8. The molecule has 5 heteroatoms. The van der Waals surface area contributed by atoms with E-state index < -0.39 is 5.91 Å². The molecule has 0 saturated carbocycles. The molecule has 2 rings (SSSR count). The highest BCUT2D eigenvalue weighted by atomic mass is 35.5. The lowest BCUT2D eigenvalue weighted by Gasteiger charge is -2.10. The summed E-state index contributed by atoms with van der Waals surface area (Å²) in [5, 5.41) is 8.60. The van der Waals surface area contributed by atoms with Gasteiger partial charge in [0, 0.05) is 23.9 Å². The molecule has 0 unspecified atom stereocenters. The summed E-state index contributed by atoms with van der Waals surface area (Å²) in [4.78, 5) is 11.2. The van der Waals surface area contributed by atoms with Crippen molar-refractivity contribution in [2.24, 2.45) is 5.73 Å². The molecule has 0 bridgehead atoms. The SMILES string of the molecule is C=Cc1cc(Cl)cn(Cc2cccc(C(N)=O)c2)c1=N. The number of hydrogen-bond donors (Lipinski definition) is 2. The number of nitrogens with zero attached hydrogens (tertiary/aromatic N) is 1. The van der Waals surface area contributed by atoms with E-state index in [1.807, 2.05) is 6.07 Å². The zero-order chi connectivity index (χ0) is 14.7. The average Bonchev–Trinajstić information content (AvgIpc) is 2.42. The molecule has 3 N–H and O–H groups in total. The Labute approximate surface area is 121 Å². The van der Waals surface area contributed by atoms with Crippen LogP contribution in [-0.4, -0.2) is 10.5 Å². The van der Waals surface area contributed by atoms with E-state index in [1.54, 1.807) is 41.1 Å². The van der Waals surface area contributed by atoms with Crippen molar-refractivity contribution in [2.45, 2.75) is 6.54 Å². The van der Waals surface area contributed by atoms with E-state index in [0.717, 1.165) is 5.56 Å². The van der Waals surface area contributed by atoms with Crippen molar-refractivity contribution < 1.29 is 4.79 Å². The molecule has 0 aliphatic rings. The largest absolute Gasteiger partial charge is 0.366 e. The fraction of sp³-hybridized carbons (Fsp3) is 0.0667. The van der Waals surface area contributed by atoms with Crippen molar-refractivity contribution in [3.8, 4) is 0 Å². The van der Waals surface area contributed by atoms with Crippen LogP contribution in [0.4, 0.5) is 0 Å². The molecule has 0 atom stereocenters. The van der Waals surface area contributed by atoms with Crippen molar-refractivity contribution in [2.75, 3.05) is 0 Å². The molecule has 0 fully saturated rings. The quantitative estimate of drug-likeness (QED) is 0.890. The average molecular weight is 288 g/mol. The van der Waals surface area contributed by atoms with Gasteiger partial charge in [-0.05, 0) is 23.8 Å². The lowest BCUT2D eigenvalue weighted by molar-refractivity contribution is 0.1000. The van der Waals surface area contributed by atoms with Crippen molar-refractivity contribution >= 4 is 23.6 Å². The van der Waals surface area contributed by atoms with Gasteiger partial charge in [-0.25, -0.2) is 0 Å². The predicted octanol–water partition coefficient (Wildman–Crippen LogP) is 2.41. The smallest absolute Gasteiger partial charge is 0.248 e. The number of pyridine rings is 1. The van der Waals surface area contributed by atoms with Crippen LogP contribution in [0.25, 0.3) is 6.08 Å². The molecule has 0 spiro atoms. The second-order valence-electron chi connectivity index (χ2n) is 4.36. The van der Waals surface area contributed by atoms with Crippen LogP contribution >= 0.6 is 11.6 Å². The molecule has 1 amide bonds. The fourth-order valence-corrected chi connectivity index (χ4v) is 2.17. The molecule has 0 radical (unpaired) electrons. The van der Waals surface area contributed by atoms with Gasteiger partial charge in [-0.3, -0.25) is 10.2 Å². The Hall–Kier alpha value is -2.33. The highest BCUT2D eigenvalue weighted by molar-refractivity contribution is 6.30. The first-order valence-corrected chi connectivity index (χ1v) is 6.35. The lowest BCUT2D eigenvalue weighted by Crippen LogP contribution is -2.22. The van der Waals surface area contributed by atoms with Crippen molar-refractivity contribution in [1.29, 1.82) is 5.41 Å². The van der Waals surface area contributed by atoms with Gasteiger partial charge in [0.15, 0.2) is 0 Å². The standard InChI is InChI=1S/C15H14ClN3O/c1-2-11-7-13(16)9-19(14(11)17)8-10-4-3-5-12(6-10)15(18)20/h2-7,9,17H,1,8H2,(H2,18,20). The minimum atomic E-state index is -0.471. The summed E-state index contributed by atoms with van der Waals surface area (Å²) in [6, 6.07) is 8.69. The molecule has 1 aromatic carbocycles. The fourth-order valence-electron chi connectivity index (χ4n) is 1.93. The van der Waals surface area contributed by atoms with Crippen molar-refractivity contribution in [3.05, 3.63) is 70.3 Å². The molecule has 20 heavy (non-hydrogen) atoms. The van der Waals surface area contributed by atoms with Crippen LogP contribution in [-0.2, 0) is 6.54 Å². The molecule has 0 aliphatic heterocycles. The van der Waals surface area contributed by atoms with Gasteiger partial charge < -0.3 is 10.3 Å². The Morgan fingerprint density at radius 2 is 2.20 bits per heavy atom. The van der Waals surface area contributed by atoms with Crippen LogP contribution in [0.1, 0.15) is 21.5 Å². The molecule has 2 aromatic rings. The Balaban J connectivity index is 2.42. The number of halogens is 1. The first-order valence-electron chi connectivity index (χ1n) is 5.97.